The summed E-state index contributed by atoms with van der Waals surface area (Å²) in [6.07, 6.45) is 3.04. The van der Waals surface area contributed by atoms with Gasteiger partial charge in [0.25, 0.3) is 0 Å². The zero-order valence-corrected chi connectivity index (χ0v) is 9.59. The summed E-state index contributed by atoms with van der Waals surface area (Å²) < 4.78 is 0. The van der Waals surface area contributed by atoms with Crippen LogP contribution in [0.1, 0.15) is 5.56 Å². The lowest BCUT2D eigenvalue weighted by Crippen LogP contribution is -2.34. The third-order valence-electron chi connectivity index (χ3n) is 2.12. The normalized spacial score (nSPS) is 10.4. The molecule has 0 aliphatic carbocycles. The summed E-state index contributed by atoms with van der Waals surface area (Å²) in [5.41, 5.74) is 12.0. The lowest BCUT2D eigenvalue weighted by molar-refractivity contribution is -0.129. The molecule has 0 unspecified atom stereocenters. The van der Waals surface area contributed by atoms with E-state index in [1.165, 1.54) is 18.0 Å². The van der Waals surface area contributed by atoms with Gasteiger partial charge in [-0.25, -0.2) is 0 Å². The molecule has 5 heteroatoms. The molecule has 0 aliphatic rings. The topological polar surface area (TPSA) is 89.4 Å². The molecular weight excluding hydrogens is 218 g/mol. The third kappa shape index (κ3) is 4.38. The Labute approximate surface area is 99.7 Å². The zero-order chi connectivity index (χ0) is 12.8. The summed E-state index contributed by atoms with van der Waals surface area (Å²) in [5, 5.41) is 0. The molecule has 0 heterocycles. The Morgan fingerprint density at radius 2 is 1.88 bits per heavy atom. The number of hydrogen-bond acceptors (Lipinski definition) is 3. The van der Waals surface area contributed by atoms with Crippen molar-refractivity contribution in [1.82, 2.24) is 4.90 Å². The summed E-state index contributed by atoms with van der Waals surface area (Å²) >= 11 is 0. The number of anilines is 1. The second-order valence-corrected chi connectivity index (χ2v) is 3.66. The maximum absolute atomic E-state index is 11.5. The van der Waals surface area contributed by atoms with E-state index in [0.29, 0.717) is 5.69 Å². The fraction of sp³-hybridized carbons (Fsp3) is 0.167. The van der Waals surface area contributed by atoms with Gasteiger partial charge in [0.15, 0.2) is 0 Å². The first-order valence-electron chi connectivity index (χ1n) is 5.06. The molecule has 0 radical (unpaired) electrons. The minimum Gasteiger partial charge on any atom is -0.399 e. The number of amides is 2. The van der Waals surface area contributed by atoms with Crippen LogP contribution in [0.25, 0.3) is 6.08 Å². The molecule has 0 fully saturated rings. The largest absolute Gasteiger partial charge is 0.399 e. The van der Waals surface area contributed by atoms with Crippen LogP contribution in [0.4, 0.5) is 5.69 Å². The van der Waals surface area contributed by atoms with Crippen LogP contribution in [-0.2, 0) is 9.59 Å². The standard InChI is InChI=1S/C12H15N3O2/c1-15(8-11(14)16)12(17)7-4-9-2-5-10(13)6-3-9/h2-7H,8,13H2,1H3,(H2,14,16)/b7-4+. The molecule has 17 heavy (non-hydrogen) atoms. The fourth-order valence-corrected chi connectivity index (χ4v) is 1.21. The molecule has 0 bridgehead atoms. The number of carbonyl (C=O) groups is 2. The van der Waals surface area contributed by atoms with Crippen LogP contribution in [0, 0.1) is 0 Å². The van der Waals surface area contributed by atoms with Gasteiger partial charge in [0.2, 0.25) is 11.8 Å². The lowest BCUT2D eigenvalue weighted by atomic mass is 10.2. The van der Waals surface area contributed by atoms with Crippen molar-refractivity contribution < 1.29 is 9.59 Å². The summed E-state index contributed by atoms with van der Waals surface area (Å²) in [6.45, 7) is -0.0924. The highest BCUT2D eigenvalue weighted by Gasteiger charge is 2.06. The van der Waals surface area contributed by atoms with Gasteiger partial charge in [-0.2, -0.15) is 0 Å². The predicted octanol–water partition coefficient (Wildman–Crippen LogP) is 0.226. The highest BCUT2D eigenvalue weighted by molar-refractivity contribution is 5.93. The third-order valence-corrected chi connectivity index (χ3v) is 2.12. The maximum atomic E-state index is 11.5. The Kier molecular flexibility index (Phi) is 4.28. The number of primary amides is 1. The number of nitrogen functional groups attached to an aromatic ring is 1. The second-order valence-electron chi connectivity index (χ2n) is 3.66. The molecule has 1 aromatic rings. The summed E-state index contributed by atoms with van der Waals surface area (Å²) in [7, 11) is 1.51. The predicted molar refractivity (Wildman–Crippen MR) is 66.7 cm³/mol. The van der Waals surface area contributed by atoms with E-state index in [-0.39, 0.29) is 12.5 Å². The van der Waals surface area contributed by atoms with Gasteiger partial charge in [-0.15, -0.1) is 0 Å². The smallest absolute Gasteiger partial charge is 0.246 e. The summed E-state index contributed by atoms with van der Waals surface area (Å²) in [4.78, 5) is 23.4. The van der Waals surface area contributed by atoms with Crippen LogP contribution in [0.3, 0.4) is 0 Å². The summed E-state index contributed by atoms with van der Waals surface area (Å²) in [6, 6.07) is 7.09. The van der Waals surface area contributed by atoms with Crippen LogP contribution in [-0.4, -0.2) is 30.3 Å². The minimum absolute atomic E-state index is 0.0924. The molecular formula is C12H15N3O2. The van der Waals surface area contributed by atoms with E-state index in [2.05, 4.69) is 0 Å². The minimum atomic E-state index is -0.540. The zero-order valence-electron chi connectivity index (χ0n) is 9.59. The number of nitrogens with two attached hydrogens (primary N) is 2. The van der Waals surface area contributed by atoms with Crippen LogP contribution in [0.15, 0.2) is 30.3 Å². The van der Waals surface area contributed by atoms with E-state index in [1.54, 1.807) is 30.3 Å². The Morgan fingerprint density at radius 1 is 1.29 bits per heavy atom. The molecule has 0 atom stereocenters. The molecule has 0 saturated heterocycles. The van der Waals surface area contributed by atoms with Crippen molar-refractivity contribution in [3.63, 3.8) is 0 Å². The molecule has 4 N–H and O–H groups in total. The molecule has 1 rings (SSSR count). The first kappa shape index (κ1) is 12.8. The van der Waals surface area contributed by atoms with Crippen molar-refractivity contribution in [3.05, 3.63) is 35.9 Å². The molecule has 0 spiro atoms. The quantitative estimate of drug-likeness (QED) is 0.576. The Morgan fingerprint density at radius 3 is 2.41 bits per heavy atom. The number of hydrogen-bond donors (Lipinski definition) is 2. The van der Waals surface area contributed by atoms with Crippen molar-refractivity contribution in [2.45, 2.75) is 0 Å². The van der Waals surface area contributed by atoms with Gasteiger partial charge in [-0.05, 0) is 23.8 Å². The van der Waals surface area contributed by atoms with E-state index in [0.717, 1.165) is 5.56 Å². The number of rotatable bonds is 4. The number of likely N-dealkylation sites (N-methyl/N-ethyl adjacent to an activating group) is 1. The van der Waals surface area contributed by atoms with Crippen molar-refractivity contribution in [2.24, 2.45) is 5.73 Å². The Bertz CT molecular complexity index is 438. The van der Waals surface area contributed by atoms with Crippen molar-refractivity contribution in [3.8, 4) is 0 Å². The average Bonchev–Trinajstić information content (AvgIpc) is 2.27. The highest BCUT2D eigenvalue weighted by Crippen LogP contribution is 2.07. The summed E-state index contributed by atoms with van der Waals surface area (Å²) in [5.74, 6) is -0.817. The molecule has 0 aromatic heterocycles. The van der Waals surface area contributed by atoms with Crippen LogP contribution in [0.2, 0.25) is 0 Å². The first-order valence-corrected chi connectivity index (χ1v) is 5.06. The van der Waals surface area contributed by atoms with Gasteiger partial charge in [-0.1, -0.05) is 12.1 Å². The number of nitrogens with zero attached hydrogens (tertiary/aromatic N) is 1. The van der Waals surface area contributed by atoms with Gasteiger partial charge in [0.1, 0.15) is 0 Å². The van der Waals surface area contributed by atoms with Crippen LogP contribution in [0.5, 0.6) is 0 Å². The van der Waals surface area contributed by atoms with Crippen molar-refractivity contribution in [2.75, 3.05) is 19.3 Å². The average molecular weight is 233 g/mol. The molecule has 0 saturated carbocycles. The Hall–Kier alpha value is -2.30. The first-order chi connectivity index (χ1) is 7.99. The molecule has 5 nitrogen and oxygen atoms in total. The van der Waals surface area contributed by atoms with Crippen LogP contribution < -0.4 is 11.5 Å². The highest BCUT2D eigenvalue weighted by atomic mass is 16.2. The van der Waals surface area contributed by atoms with Gasteiger partial charge in [0.05, 0.1) is 6.54 Å². The van der Waals surface area contributed by atoms with Gasteiger partial charge in [0, 0.05) is 18.8 Å². The van der Waals surface area contributed by atoms with Gasteiger partial charge >= 0.3 is 0 Å². The molecule has 0 aliphatic heterocycles. The van der Waals surface area contributed by atoms with Gasteiger partial charge < -0.3 is 16.4 Å². The SMILES string of the molecule is CN(CC(N)=O)C(=O)/C=C/c1ccc(N)cc1. The van der Waals surface area contributed by atoms with E-state index >= 15 is 0 Å². The van der Waals surface area contributed by atoms with Crippen molar-refractivity contribution >= 4 is 23.6 Å². The second kappa shape index (κ2) is 5.69. The van der Waals surface area contributed by atoms with Crippen LogP contribution >= 0.6 is 0 Å². The van der Waals surface area contributed by atoms with Gasteiger partial charge in [-0.3, -0.25) is 9.59 Å². The lowest BCUT2D eigenvalue weighted by Gasteiger charge is -2.11. The number of carbonyl (C=O) groups excluding carboxylic acids is 2. The van der Waals surface area contributed by atoms with E-state index in [4.69, 9.17) is 11.5 Å². The molecule has 90 valence electrons. The van der Waals surface area contributed by atoms with E-state index in [9.17, 15) is 9.59 Å². The fourth-order valence-electron chi connectivity index (χ4n) is 1.21. The monoisotopic (exact) mass is 233 g/mol. The molecule has 2 amide bonds. The van der Waals surface area contributed by atoms with E-state index < -0.39 is 5.91 Å². The molecule has 1 aromatic carbocycles. The van der Waals surface area contributed by atoms with Crippen molar-refractivity contribution in [1.29, 1.82) is 0 Å². The Balaban J connectivity index is 2.61. The maximum Gasteiger partial charge on any atom is 0.246 e. The number of benzene rings is 1. The van der Waals surface area contributed by atoms with E-state index in [1.807, 2.05) is 0 Å².